The molecule has 0 radical (unpaired) electrons. The molecule has 4 rings (SSSR count). The summed E-state index contributed by atoms with van der Waals surface area (Å²) in [6.07, 6.45) is 0.0943. The first-order valence-electron chi connectivity index (χ1n) is 8.59. The fraction of sp³-hybridized carbons (Fsp3) is 0.150. The zero-order valence-electron chi connectivity index (χ0n) is 14.9. The van der Waals surface area contributed by atoms with Gasteiger partial charge in [-0.05, 0) is 31.2 Å². The maximum absolute atomic E-state index is 12.5. The molecule has 2 N–H and O–H groups in total. The predicted octanol–water partition coefficient (Wildman–Crippen LogP) is 5.32. The maximum Gasteiger partial charge on any atom is 0.238 e. The van der Waals surface area contributed by atoms with Gasteiger partial charge >= 0.3 is 0 Å². The molecule has 2 heterocycles. The second-order valence-electron chi connectivity index (χ2n) is 6.27. The van der Waals surface area contributed by atoms with E-state index in [4.69, 9.17) is 0 Å². The molecule has 1 aliphatic heterocycles. The van der Waals surface area contributed by atoms with E-state index >= 15 is 0 Å². The first kappa shape index (κ1) is 19.2. The van der Waals surface area contributed by atoms with Crippen LogP contribution in [0.5, 0.6) is 0 Å². The molecule has 0 spiro atoms. The topological polar surface area (TPSA) is 71.1 Å². The number of rotatable bonds is 4. The van der Waals surface area contributed by atoms with Crippen molar-refractivity contribution < 1.29 is 9.59 Å². The lowest BCUT2D eigenvalue weighted by Crippen LogP contribution is -2.32. The Kier molecular flexibility index (Phi) is 5.52. The van der Waals surface area contributed by atoms with Gasteiger partial charge in [-0.3, -0.25) is 9.59 Å². The van der Waals surface area contributed by atoms with Crippen LogP contribution in [-0.4, -0.2) is 22.0 Å². The number of thiazole rings is 1. The third-order valence-corrected chi connectivity index (χ3v) is 6.93. The Balaban J connectivity index is 1.44. The van der Waals surface area contributed by atoms with Gasteiger partial charge in [0.2, 0.25) is 11.8 Å². The van der Waals surface area contributed by atoms with E-state index in [0.29, 0.717) is 5.13 Å². The van der Waals surface area contributed by atoms with Crippen molar-refractivity contribution in [3.05, 3.63) is 57.9 Å². The zero-order valence-corrected chi connectivity index (χ0v) is 18.1. The van der Waals surface area contributed by atoms with E-state index in [9.17, 15) is 9.59 Å². The summed E-state index contributed by atoms with van der Waals surface area (Å²) < 4.78 is 1.00. The molecule has 0 unspecified atom stereocenters. The fourth-order valence-corrected chi connectivity index (χ4v) is 5.12. The smallest absolute Gasteiger partial charge is 0.238 e. The highest BCUT2D eigenvalue weighted by molar-refractivity contribution is 9.10. The van der Waals surface area contributed by atoms with Gasteiger partial charge in [-0.15, -0.1) is 23.1 Å². The van der Waals surface area contributed by atoms with E-state index in [-0.39, 0.29) is 18.2 Å². The van der Waals surface area contributed by atoms with Crippen LogP contribution in [0.1, 0.15) is 11.3 Å². The number of carbonyl (C=O) groups excluding carboxylic acids is 2. The maximum atomic E-state index is 12.5. The highest BCUT2D eigenvalue weighted by atomic mass is 79.9. The average Bonchev–Trinajstić information content (AvgIpc) is 3.03. The number of nitrogens with one attached hydrogen (secondary N) is 2. The SMILES string of the molecule is Cc1sc(NC(=O)C[C@H]2Sc3ccccc3NC2=O)nc1-c1ccc(Br)cc1. The molecule has 5 nitrogen and oxygen atoms in total. The summed E-state index contributed by atoms with van der Waals surface area (Å²) in [7, 11) is 0. The monoisotopic (exact) mass is 473 g/mol. The molecule has 8 heteroatoms. The number of halogens is 1. The summed E-state index contributed by atoms with van der Waals surface area (Å²) in [6.45, 7) is 1.98. The summed E-state index contributed by atoms with van der Waals surface area (Å²) in [5.74, 6) is -0.368. The molecule has 3 aromatic rings. The van der Waals surface area contributed by atoms with Crippen LogP contribution in [0.15, 0.2) is 57.9 Å². The number of fused-ring (bicyclic) bond motifs is 1. The van der Waals surface area contributed by atoms with Gasteiger partial charge in [-0.1, -0.05) is 40.2 Å². The van der Waals surface area contributed by atoms with Crippen molar-refractivity contribution in [1.82, 2.24) is 4.98 Å². The molecule has 1 atom stereocenters. The van der Waals surface area contributed by atoms with Crippen LogP contribution < -0.4 is 10.6 Å². The number of hydrogen-bond acceptors (Lipinski definition) is 5. The minimum atomic E-state index is -0.457. The lowest BCUT2D eigenvalue weighted by Gasteiger charge is -2.23. The number of benzene rings is 2. The number of carbonyl (C=O) groups is 2. The molecule has 2 aromatic carbocycles. The Hall–Kier alpha value is -2.16. The van der Waals surface area contributed by atoms with Gasteiger partial charge in [-0.25, -0.2) is 4.98 Å². The van der Waals surface area contributed by atoms with Gasteiger partial charge in [0.15, 0.2) is 5.13 Å². The quantitative estimate of drug-likeness (QED) is 0.537. The molecule has 1 aromatic heterocycles. The Morgan fingerprint density at radius 3 is 2.75 bits per heavy atom. The number of amides is 2. The first-order valence-corrected chi connectivity index (χ1v) is 11.1. The van der Waals surface area contributed by atoms with Crippen LogP contribution in [0.3, 0.4) is 0 Å². The number of nitrogens with zero attached hydrogens (tertiary/aromatic N) is 1. The molecular formula is C20H16BrN3O2S2. The molecule has 28 heavy (non-hydrogen) atoms. The van der Waals surface area contributed by atoms with Crippen LogP contribution >= 0.6 is 39.0 Å². The zero-order chi connectivity index (χ0) is 19.7. The van der Waals surface area contributed by atoms with Crippen LogP contribution in [0.25, 0.3) is 11.3 Å². The molecule has 0 saturated carbocycles. The minimum Gasteiger partial charge on any atom is -0.324 e. The minimum absolute atomic E-state index is 0.0943. The van der Waals surface area contributed by atoms with Crippen molar-refractivity contribution in [3.63, 3.8) is 0 Å². The fourth-order valence-electron chi connectivity index (χ4n) is 2.89. The van der Waals surface area contributed by atoms with E-state index in [1.165, 1.54) is 23.1 Å². The third-order valence-electron chi connectivity index (χ3n) is 4.24. The van der Waals surface area contributed by atoms with E-state index in [1.54, 1.807) is 0 Å². The second-order valence-corrected chi connectivity index (χ2v) is 9.64. The van der Waals surface area contributed by atoms with Gasteiger partial charge in [-0.2, -0.15) is 0 Å². The Labute approximate surface area is 179 Å². The van der Waals surface area contributed by atoms with E-state index in [0.717, 1.165) is 31.2 Å². The highest BCUT2D eigenvalue weighted by Crippen LogP contribution is 2.37. The third kappa shape index (κ3) is 4.14. The number of para-hydroxylation sites is 1. The number of aromatic nitrogens is 1. The molecule has 0 bridgehead atoms. The van der Waals surface area contributed by atoms with Crippen LogP contribution in [-0.2, 0) is 9.59 Å². The standard InChI is InChI=1S/C20H16BrN3O2S2/c1-11-18(12-6-8-13(21)9-7-12)24-20(27-11)23-17(25)10-16-19(26)22-14-4-2-3-5-15(14)28-16/h2-9,16H,10H2,1H3,(H,22,26)(H,23,24,25)/t16-/m1/s1. The lowest BCUT2D eigenvalue weighted by molar-refractivity contribution is -0.120. The van der Waals surface area contributed by atoms with Crippen molar-refractivity contribution >= 4 is 61.7 Å². The largest absolute Gasteiger partial charge is 0.324 e. The van der Waals surface area contributed by atoms with Crippen molar-refractivity contribution in [1.29, 1.82) is 0 Å². The van der Waals surface area contributed by atoms with E-state index in [1.807, 2.05) is 55.5 Å². The molecule has 1 aliphatic rings. The van der Waals surface area contributed by atoms with E-state index < -0.39 is 5.25 Å². The van der Waals surface area contributed by atoms with Crippen molar-refractivity contribution in [2.45, 2.75) is 23.5 Å². The molecule has 0 saturated heterocycles. The normalized spacial score (nSPS) is 15.6. The van der Waals surface area contributed by atoms with Crippen molar-refractivity contribution in [3.8, 4) is 11.3 Å². The summed E-state index contributed by atoms with van der Waals surface area (Å²) in [4.78, 5) is 31.3. The Bertz CT molecular complexity index is 1050. The van der Waals surface area contributed by atoms with Crippen LogP contribution in [0.4, 0.5) is 10.8 Å². The number of hydrogen-bond donors (Lipinski definition) is 2. The number of thioether (sulfide) groups is 1. The number of anilines is 2. The molecule has 0 aliphatic carbocycles. The van der Waals surface area contributed by atoms with Gasteiger partial charge < -0.3 is 10.6 Å². The predicted molar refractivity (Wildman–Crippen MR) is 118 cm³/mol. The Morgan fingerprint density at radius 1 is 1.21 bits per heavy atom. The van der Waals surface area contributed by atoms with Crippen molar-refractivity contribution in [2.75, 3.05) is 10.6 Å². The van der Waals surface area contributed by atoms with E-state index in [2.05, 4.69) is 31.5 Å². The molecule has 142 valence electrons. The molecule has 2 amide bonds. The van der Waals surface area contributed by atoms with Gasteiger partial charge in [0.25, 0.3) is 0 Å². The second kappa shape index (κ2) is 8.06. The summed E-state index contributed by atoms with van der Waals surface area (Å²) >= 11 is 6.27. The summed E-state index contributed by atoms with van der Waals surface area (Å²) in [6, 6.07) is 15.5. The van der Waals surface area contributed by atoms with Gasteiger partial charge in [0.1, 0.15) is 0 Å². The summed E-state index contributed by atoms with van der Waals surface area (Å²) in [5.41, 5.74) is 2.65. The molecular weight excluding hydrogens is 458 g/mol. The Morgan fingerprint density at radius 2 is 1.96 bits per heavy atom. The van der Waals surface area contributed by atoms with Crippen molar-refractivity contribution in [2.24, 2.45) is 0 Å². The lowest BCUT2D eigenvalue weighted by atomic mass is 10.1. The van der Waals surface area contributed by atoms with Gasteiger partial charge in [0.05, 0.1) is 16.6 Å². The number of aryl methyl sites for hydroxylation is 1. The molecule has 0 fully saturated rings. The van der Waals surface area contributed by atoms with Crippen LogP contribution in [0.2, 0.25) is 0 Å². The highest BCUT2D eigenvalue weighted by Gasteiger charge is 2.29. The average molecular weight is 474 g/mol. The first-order chi connectivity index (χ1) is 13.5. The van der Waals surface area contributed by atoms with Gasteiger partial charge in [0, 0.05) is 26.2 Å². The van der Waals surface area contributed by atoms with Crippen LogP contribution in [0, 0.1) is 6.92 Å². The summed E-state index contributed by atoms with van der Waals surface area (Å²) in [5, 5.41) is 5.79.